The van der Waals surface area contributed by atoms with Gasteiger partial charge in [-0.15, -0.1) is 0 Å². The minimum Gasteiger partial charge on any atom is -0.494 e. The molecular weight excluding hydrogens is 1100 g/mol. The Bertz CT molecular complexity index is 2900. The quantitative estimate of drug-likeness (QED) is 0.0157. The molecular formula is C77H99NO10. The van der Waals surface area contributed by atoms with Crippen molar-refractivity contribution in [3.63, 3.8) is 0 Å². The lowest BCUT2D eigenvalue weighted by atomic mass is 10.0. The number of nitrogens with zero attached hydrogens (tertiary/aromatic N) is 1. The van der Waals surface area contributed by atoms with Crippen LogP contribution in [-0.4, -0.2) is 43.3 Å². The van der Waals surface area contributed by atoms with Gasteiger partial charge in [0.15, 0.2) is 0 Å². The van der Waals surface area contributed by atoms with Gasteiger partial charge in [-0.1, -0.05) is 213 Å². The Morgan fingerprint density at radius 2 is 0.557 bits per heavy atom. The fourth-order valence-corrected chi connectivity index (χ4v) is 10.4. The number of carbonyl (C=O) groups excluding carboxylic acids is 4. The minimum atomic E-state index is -0.586. The van der Waals surface area contributed by atoms with Crippen LogP contribution >= 0.6 is 0 Å². The summed E-state index contributed by atoms with van der Waals surface area (Å²) >= 11 is 0. The first-order valence-corrected chi connectivity index (χ1v) is 33.5. The standard InChI is InChI=1S/C77H99NO10/c1-3-5-7-9-11-13-15-17-19-21-23-25-27-29-31-33-58-83-68-50-40-63(41-51-68)74(79)86-71-54-44-65(45-55-71)76(81)85-70-48-38-62(39-49-70)61-78-67-36-35-37-73(60-67)88-77(82)66-46-56-72(57-47-66)87-75(80)64-42-52-69(53-43-64)84-59-34-32-30-28-26-24-22-20-18-16-14-12-10-8-6-4-2/h35-57,60-61H,3-34,58-59H2,1-2H3. The van der Waals surface area contributed by atoms with Crippen LogP contribution in [0.5, 0.6) is 34.5 Å². The van der Waals surface area contributed by atoms with E-state index in [1.165, 1.54) is 192 Å². The molecule has 0 aliphatic heterocycles. The van der Waals surface area contributed by atoms with E-state index in [9.17, 15) is 19.2 Å². The lowest BCUT2D eigenvalue weighted by Gasteiger charge is -2.09. The lowest BCUT2D eigenvalue weighted by Crippen LogP contribution is -2.10. The summed E-state index contributed by atoms with van der Waals surface area (Å²) in [5, 5.41) is 0. The third-order valence-electron chi connectivity index (χ3n) is 15.8. The summed E-state index contributed by atoms with van der Waals surface area (Å²) in [5.41, 5.74) is 2.63. The number of hydrogen-bond acceptors (Lipinski definition) is 11. The molecule has 6 aromatic rings. The number of aliphatic imine (C=N–C) groups is 1. The third-order valence-corrected chi connectivity index (χ3v) is 15.8. The highest BCUT2D eigenvalue weighted by molar-refractivity contribution is 5.94. The van der Waals surface area contributed by atoms with Gasteiger partial charge in [0.05, 0.1) is 41.2 Å². The third kappa shape index (κ3) is 29.0. The largest absolute Gasteiger partial charge is 0.494 e. The molecule has 0 saturated heterocycles. The van der Waals surface area contributed by atoms with Crippen LogP contribution in [0.4, 0.5) is 5.69 Å². The number of carbonyl (C=O) groups is 4. The van der Waals surface area contributed by atoms with Crippen LogP contribution in [0.1, 0.15) is 266 Å². The van der Waals surface area contributed by atoms with Crippen molar-refractivity contribution in [3.8, 4) is 34.5 Å². The van der Waals surface area contributed by atoms with Crippen LogP contribution in [0.2, 0.25) is 0 Å². The van der Waals surface area contributed by atoms with Crippen molar-refractivity contribution >= 4 is 35.8 Å². The first-order chi connectivity index (χ1) is 43.3. The molecule has 0 aliphatic rings. The van der Waals surface area contributed by atoms with Gasteiger partial charge in [0.1, 0.15) is 34.5 Å². The average Bonchev–Trinajstić information content (AvgIpc) is 3.75. The topological polar surface area (TPSA) is 136 Å². The number of rotatable bonds is 46. The van der Waals surface area contributed by atoms with Gasteiger partial charge >= 0.3 is 23.9 Å². The molecule has 0 aliphatic carbocycles. The van der Waals surface area contributed by atoms with Gasteiger partial charge in [-0.2, -0.15) is 0 Å². The molecule has 6 rings (SSSR count). The normalized spacial score (nSPS) is 11.2. The molecule has 0 heterocycles. The number of esters is 4. The predicted octanol–water partition coefficient (Wildman–Crippen LogP) is 21.6. The summed E-state index contributed by atoms with van der Waals surface area (Å²) in [4.78, 5) is 56.5. The van der Waals surface area contributed by atoms with E-state index in [0.29, 0.717) is 64.5 Å². The van der Waals surface area contributed by atoms with Crippen LogP contribution in [0, 0.1) is 0 Å². The monoisotopic (exact) mass is 1200 g/mol. The fraction of sp³-hybridized carbons (Fsp3) is 0.468. The van der Waals surface area contributed by atoms with E-state index in [4.69, 9.17) is 28.4 Å². The molecule has 11 heteroatoms. The van der Waals surface area contributed by atoms with Crippen LogP contribution < -0.4 is 28.4 Å². The molecule has 11 nitrogen and oxygen atoms in total. The maximum Gasteiger partial charge on any atom is 0.343 e. The molecule has 0 bridgehead atoms. The minimum absolute atomic E-state index is 0.275. The number of benzene rings is 6. The molecule has 0 fully saturated rings. The zero-order valence-electron chi connectivity index (χ0n) is 53.0. The van der Waals surface area contributed by atoms with Crippen molar-refractivity contribution < 1.29 is 47.6 Å². The Hall–Kier alpha value is -7.53. The lowest BCUT2D eigenvalue weighted by molar-refractivity contribution is 0.0720. The molecule has 6 aromatic carbocycles. The van der Waals surface area contributed by atoms with E-state index in [2.05, 4.69) is 18.8 Å². The maximum absolute atomic E-state index is 13.1. The van der Waals surface area contributed by atoms with Crippen molar-refractivity contribution in [1.82, 2.24) is 0 Å². The second-order valence-corrected chi connectivity index (χ2v) is 23.3. The molecule has 0 unspecified atom stereocenters. The molecule has 0 N–H and O–H groups in total. The first-order valence-electron chi connectivity index (χ1n) is 33.5. The van der Waals surface area contributed by atoms with E-state index in [1.807, 2.05) is 0 Å². The molecule has 0 atom stereocenters. The number of hydrogen-bond donors (Lipinski definition) is 0. The van der Waals surface area contributed by atoms with Gasteiger partial charge in [0.2, 0.25) is 0 Å². The van der Waals surface area contributed by atoms with E-state index < -0.39 is 23.9 Å². The number of unbranched alkanes of at least 4 members (excludes halogenated alkanes) is 30. The van der Waals surface area contributed by atoms with Crippen LogP contribution in [-0.2, 0) is 0 Å². The summed E-state index contributed by atoms with van der Waals surface area (Å²) in [7, 11) is 0. The molecule has 0 saturated carbocycles. The van der Waals surface area contributed by atoms with Gasteiger partial charge in [-0.05, 0) is 152 Å². The van der Waals surface area contributed by atoms with Gasteiger partial charge < -0.3 is 28.4 Å². The molecule has 88 heavy (non-hydrogen) atoms. The van der Waals surface area contributed by atoms with E-state index in [0.717, 1.165) is 31.2 Å². The highest BCUT2D eigenvalue weighted by Crippen LogP contribution is 2.25. The summed E-state index contributed by atoms with van der Waals surface area (Å²) in [6.07, 6.45) is 44.1. The Labute approximate surface area is 526 Å². The molecule has 0 amide bonds. The first kappa shape index (κ1) is 69.6. The second-order valence-electron chi connectivity index (χ2n) is 23.3. The van der Waals surface area contributed by atoms with Crippen molar-refractivity contribution in [2.45, 2.75) is 219 Å². The Kier molecular flexibility index (Phi) is 34.1. The summed E-state index contributed by atoms with van der Waals surface area (Å²) < 4.78 is 34.3. The summed E-state index contributed by atoms with van der Waals surface area (Å²) in [5.74, 6) is 0.461. The molecule has 0 radical (unpaired) electrons. The van der Waals surface area contributed by atoms with Gasteiger partial charge in [-0.3, -0.25) is 4.99 Å². The van der Waals surface area contributed by atoms with Crippen LogP contribution in [0.3, 0.4) is 0 Å². The van der Waals surface area contributed by atoms with E-state index >= 15 is 0 Å². The van der Waals surface area contributed by atoms with Gasteiger partial charge in [0.25, 0.3) is 0 Å². The fourth-order valence-electron chi connectivity index (χ4n) is 10.4. The van der Waals surface area contributed by atoms with Crippen molar-refractivity contribution in [1.29, 1.82) is 0 Å². The zero-order valence-corrected chi connectivity index (χ0v) is 53.0. The van der Waals surface area contributed by atoms with Crippen molar-refractivity contribution in [3.05, 3.63) is 173 Å². The highest BCUT2D eigenvalue weighted by Gasteiger charge is 2.15. The van der Waals surface area contributed by atoms with Gasteiger partial charge in [0, 0.05) is 12.3 Å². The van der Waals surface area contributed by atoms with Crippen LogP contribution in [0.25, 0.3) is 0 Å². The zero-order chi connectivity index (χ0) is 61.9. The van der Waals surface area contributed by atoms with Crippen LogP contribution in [0.15, 0.2) is 151 Å². The Morgan fingerprint density at radius 1 is 0.295 bits per heavy atom. The number of ether oxygens (including phenoxy) is 6. The SMILES string of the molecule is CCCCCCCCCCCCCCCCCCOc1ccc(C(=O)Oc2ccc(C(=O)Oc3ccc(C=Nc4cccc(OC(=O)c5ccc(OC(=O)c6ccc(OCCCCCCCCCCCCCCCCCC)cc6)cc5)c4)cc3)cc2)cc1. The molecule has 472 valence electrons. The average molecular weight is 1200 g/mol. The van der Waals surface area contributed by atoms with Crippen molar-refractivity contribution in [2.24, 2.45) is 4.99 Å². The molecule has 0 spiro atoms. The summed E-state index contributed by atoms with van der Waals surface area (Å²) in [6, 6.07) is 39.9. The molecule has 0 aromatic heterocycles. The summed E-state index contributed by atoms with van der Waals surface area (Å²) in [6.45, 7) is 5.84. The Balaban J connectivity index is 0.801. The predicted molar refractivity (Wildman–Crippen MR) is 356 cm³/mol. The smallest absolute Gasteiger partial charge is 0.343 e. The van der Waals surface area contributed by atoms with E-state index in [-0.39, 0.29) is 11.1 Å². The van der Waals surface area contributed by atoms with Crippen molar-refractivity contribution in [2.75, 3.05) is 13.2 Å². The van der Waals surface area contributed by atoms with Gasteiger partial charge in [-0.25, -0.2) is 19.2 Å². The van der Waals surface area contributed by atoms with E-state index in [1.54, 1.807) is 140 Å². The second kappa shape index (κ2) is 43.2. The highest BCUT2D eigenvalue weighted by atomic mass is 16.5. The Morgan fingerprint density at radius 3 is 0.864 bits per heavy atom. The maximum atomic E-state index is 13.1.